The Kier molecular flexibility index (Phi) is 3.81. The van der Waals surface area contributed by atoms with E-state index in [1.165, 1.54) is 18.3 Å². The number of hydrogen-bond donors (Lipinski definition) is 1. The molecule has 0 atom stereocenters. The van der Waals surface area contributed by atoms with Crippen molar-refractivity contribution in [3.05, 3.63) is 51.9 Å². The molecule has 0 aromatic carbocycles. The van der Waals surface area contributed by atoms with E-state index in [2.05, 4.69) is 14.7 Å². The van der Waals surface area contributed by atoms with Crippen molar-refractivity contribution in [3.8, 4) is 0 Å². The van der Waals surface area contributed by atoms with Gasteiger partial charge in [0.2, 0.25) is 0 Å². The van der Waals surface area contributed by atoms with Crippen LogP contribution in [0.4, 0.5) is 11.5 Å². The zero-order valence-corrected chi connectivity index (χ0v) is 11.3. The van der Waals surface area contributed by atoms with Crippen LogP contribution in [-0.2, 0) is 10.0 Å². The molecule has 0 unspecified atom stereocenters. The lowest BCUT2D eigenvalue weighted by Gasteiger charge is -2.06. The Labute approximate surface area is 118 Å². The van der Waals surface area contributed by atoms with Gasteiger partial charge in [-0.25, -0.2) is 13.4 Å². The highest BCUT2D eigenvalue weighted by atomic mass is 35.5. The fourth-order valence-electron chi connectivity index (χ4n) is 1.32. The van der Waals surface area contributed by atoms with Gasteiger partial charge in [0.1, 0.15) is 10.0 Å². The van der Waals surface area contributed by atoms with Crippen molar-refractivity contribution in [3.63, 3.8) is 0 Å². The number of nitrogens with zero attached hydrogens (tertiary/aromatic N) is 3. The van der Waals surface area contributed by atoms with Crippen LogP contribution in [0.1, 0.15) is 0 Å². The van der Waals surface area contributed by atoms with Gasteiger partial charge in [0.05, 0.1) is 5.69 Å². The fourth-order valence-corrected chi connectivity index (χ4v) is 2.49. The van der Waals surface area contributed by atoms with Gasteiger partial charge in [-0.3, -0.25) is 4.72 Å². The zero-order valence-electron chi connectivity index (χ0n) is 9.72. The summed E-state index contributed by atoms with van der Waals surface area (Å²) in [5, 5.41) is 10.6. The van der Waals surface area contributed by atoms with E-state index in [1.54, 1.807) is 0 Å². The Balaban J connectivity index is 2.28. The summed E-state index contributed by atoms with van der Waals surface area (Å²) in [6.45, 7) is 0. The van der Waals surface area contributed by atoms with Crippen molar-refractivity contribution >= 4 is 33.1 Å². The monoisotopic (exact) mass is 314 g/mol. The minimum Gasteiger partial charge on any atom is -0.358 e. The highest BCUT2D eigenvalue weighted by Gasteiger charge is 2.18. The number of hydrogen-bond acceptors (Lipinski definition) is 6. The van der Waals surface area contributed by atoms with Crippen LogP contribution < -0.4 is 4.72 Å². The molecular weight excluding hydrogens is 308 g/mol. The Morgan fingerprint density at radius 1 is 1.25 bits per heavy atom. The number of sulfonamides is 1. The molecule has 20 heavy (non-hydrogen) atoms. The zero-order chi connectivity index (χ0) is 14.8. The molecule has 2 aromatic rings. The van der Waals surface area contributed by atoms with E-state index in [0.29, 0.717) is 0 Å². The normalized spacial score (nSPS) is 11.1. The molecule has 10 heteroatoms. The van der Waals surface area contributed by atoms with Crippen LogP contribution in [0.2, 0.25) is 5.15 Å². The Morgan fingerprint density at radius 3 is 2.55 bits per heavy atom. The van der Waals surface area contributed by atoms with Crippen molar-refractivity contribution in [1.82, 2.24) is 9.97 Å². The SMILES string of the molecule is O=[N+]([O-])c1ccc(S(=O)(=O)Nc2ccnc(Cl)c2)cn1. The van der Waals surface area contributed by atoms with Gasteiger partial charge in [0.15, 0.2) is 6.20 Å². The second kappa shape index (κ2) is 5.39. The van der Waals surface area contributed by atoms with Gasteiger partial charge < -0.3 is 10.1 Å². The standard InChI is InChI=1S/C10H7ClN4O4S/c11-9-5-7(3-4-12-9)14-20(18,19)8-1-2-10(13-6-8)15(16)17/h1-6H,(H,12,14). The fraction of sp³-hybridized carbons (Fsp3) is 0. The lowest BCUT2D eigenvalue weighted by atomic mass is 10.4. The molecular formula is C10H7ClN4O4S. The quantitative estimate of drug-likeness (QED) is 0.523. The summed E-state index contributed by atoms with van der Waals surface area (Å²) in [5.41, 5.74) is 0.225. The second-order valence-electron chi connectivity index (χ2n) is 3.58. The van der Waals surface area contributed by atoms with Gasteiger partial charge >= 0.3 is 5.82 Å². The smallest absolute Gasteiger partial charge is 0.358 e. The Bertz CT molecular complexity index is 748. The van der Waals surface area contributed by atoms with Crippen molar-refractivity contribution in [2.45, 2.75) is 4.90 Å². The van der Waals surface area contributed by atoms with E-state index in [0.717, 1.165) is 18.3 Å². The third-order valence-electron chi connectivity index (χ3n) is 2.20. The summed E-state index contributed by atoms with van der Waals surface area (Å²) < 4.78 is 26.3. The van der Waals surface area contributed by atoms with Crippen LogP contribution >= 0.6 is 11.6 Å². The van der Waals surface area contributed by atoms with Crippen LogP contribution in [0, 0.1) is 10.1 Å². The van der Waals surface area contributed by atoms with Gasteiger partial charge in [0, 0.05) is 12.3 Å². The first-order valence-corrected chi connectivity index (χ1v) is 6.99. The number of rotatable bonds is 4. The number of anilines is 1. The number of nitro groups is 1. The molecule has 0 spiro atoms. The van der Waals surface area contributed by atoms with E-state index in [4.69, 9.17) is 11.6 Å². The maximum Gasteiger partial charge on any atom is 0.363 e. The minimum absolute atomic E-state index is 0.132. The summed E-state index contributed by atoms with van der Waals surface area (Å²) in [4.78, 5) is 16.7. The molecule has 0 aliphatic heterocycles. The van der Waals surface area contributed by atoms with Crippen LogP contribution in [0.3, 0.4) is 0 Å². The third-order valence-corrected chi connectivity index (χ3v) is 3.77. The van der Waals surface area contributed by atoms with Crippen LogP contribution in [0.25, 0.3) is 0 Å². The lowest BCUT2D eigenvalue weighted by Crippen LogP contribution is -2.13. The highest BCUT2D eigenvalue weighted by molar-refractivity contribution is 7.92. The van der Waals surface area contributed by atoms with Crippen molar-refractivity contribution in [1.29, 1.82) is 0 Å². The van der Waals surface area contributed by atoms with Crippen molar-refractivity contribution in [2.75, 3.05) is 4.72 Å². The van der Waals surface area contributed by atoms with E-state index < -0.39 is 20.8 Å². The topological polar surface area (TPSA) is 115 Å². The Hall–Kier alpha value is -2.26. The number of aromatic nitrogens is 2. The van der Waals surface area contributed by atoms with E-state index >= 15 is 0 Å². The first-order chi connectivity index (χ1) is 9.38. The molecule has 0 radical (unpaired) electrons. The predicted molar refractivity (Wildman–Crippen MR) is 70.9 cm³/mol. The van der Waals surface area contributed by atoms with Crippen LogP contribution in [0.5, 0.6) is 0 Å². The van der Waals surface area contributed by atoms with E-state index in [1.807, 2.05) is 0 Å². The van der Waals surface area contributed by atoms with Gasteiger partial charge in [-0.15, -0.1) is 0 Å². The molecule has 0 aliphatic carbocycles. The van der Waals surface area contributed by atoms with Crippen LogP contribution in [0.15, 0.2) is 41.6 Å². The van der Waals surface area contributed by atoms with Crippen LogP contribution in [-0.4, -0.2) is 23.3 Å². The largest absolute Gasteiger partial charge is 0.363 e. The molecule has 2 rings (SSSR count). The molecule has 2 heterocycles. The molecule has 0 aliphatic rings. The molecule has 104 valence electrons. The molecule has 0 bridgehead atoms. The molecule has 0 amide bonds. The molecule has 1 N–H and O–H groups in total. The van der Waals surface area contributed by atoms with E-state index in [-0.39, 0.29) is 15.7 Å². The number of halogens is 1. The Morgan fingerprint density at radius 2 is 2.00 bits per heavy atom. The average molecular weight is 315 g/mol. The molecule has 0 saturated carbocycles. The summed E-state index contributed by atoms with van der Waals surface area (Å²) >= 11 is 5.64. The maximum absolute atomic E-state index is 12.0. The maximum atomic E-state index is 12.0. The summed E-state index contributed by atoms with van der Waals surface area (Å²) in [5.74, 6) is -0.434. The molecule has 8 nitrogen and oxygen atoms in total. The van der Waals surface area contributed by atoms with Crippen molar-refractivity contribution < 1.29 is 13.3 Å². The first kappa shape index (κ1) is 14.2. The molecule has 0 fully saturated rings. The van der Waals surface area contributed by atoms with Crippen molar-refractivity contribution in [2.24, 2.45) is 0 Å². The summed E-state index contributed by atoms with van der Waals surface area (Å²) in [6, 6.07) is 4.85. The molecule has 2 aromatic heterocycles. The first-order valence-electron chi connectivity index (χ1n) is 5.13. The summed E-state index contributed by atoms with van der Waals surface area (Å²) in [6.07, 6.45) is 2.25. The number of nitrogens with one attached hydrogen (secondary N) is 1. The number of pyridine rings is 2. The molecule has 0 saturated heterocycles. The predicted octanol–water partition coefficient (Wildman–Crippen LogP) is 1.84. The minimum atomic E-state index is -3.89. The van der Waals surface area contributed by atoms with Gasteiger partial charge in [-0.2, -0.15) is 0 Å². The lowest BCUT2D eigenvalue weighted by molar-refractivity contribution is -0.389. The average Bonchev–Trinajstić information content (AvgIpc) is 2.38. The van der Waals surface area contributed by atoms with Gasteiger partial charge in [-0.05, 0) is 28.1 Å². The second-order valence-corrected chi connectivity index (χ2v) is 5.65. The third kappa shape index (κ3) is 3.19. The summed E-state index contributed by atoms with van der Waals surface area (Å²) in [7, 11) is -3.89. The van der Waals surface area contributed by atoms with Gasteiger partial charge in [0.25, 0.3) is 10.0 Å². The highest BCUT2D eigenvalue weighted by Crippen LogP contribution is 2.18. The van der Waals surface area contributed by atoms with Gasteiger partial charge in [-0.1, -0.05) is 11.6 Å². The van der Waals surface area contributed by atoms with E-state index in [9.17, 15) is 18.5 Å².